The predicted molar refractivity (Wildman–Crippen MR) is 111 cm³/mol. The molecular formula is C21H32N4O3. The van der Waals surface area contributed by atoms with Gasteiger partial charge in [0.25, 0.3) is 0 Å². The topological polar surface area (TPSA) is 80.9 Å². The molecule has 2 rings (SSSR count). The average molecular weight is 389 g/mol. The van der Waals surface area contributed by atoms with Gasteiger partial charge in [0.2, 0.25) is 0 Å². The molecule has 0 saturated carbocycles. The van der Waals surface area contributed by atoms with Crippen molar-refractivity contribution >= 4 is 5.96 Å². The molecule has 28 heavy (non-hydrogen) atoms. The first kappa shape index (κ1) is 21.6. The van der Waals surface area contributed by atoms with Crippen molar-refractivity contribution in [2.45, 2.75) is 46.6 Å². The summed E-state index contributed by atoms with van der Waals surface area (Å²) in [5.41, 5.74) is 3.06. The molecule has 0 aliphatic rings. The Balaban J connectivity index is 2.16. The predicted octanol–water partition coefficient (Wildman–Crippen LogP) is 3.73. The molecule has 0 radical (unpaired) electrons. The Morgan fingerprint density at radius 1 is 1.21 bits per heavy atom. The van der Waals surface area contributed by atoms with Crippen molar-refractivity contribution in [2.24, 2.45) is 4.99 Å². The van der Waals surface area contributed by atoms with Gasteiger partial charge in [0, 0.05) is 30.1 Å². The fourth-order valence-corrected chi connectivity index (χ4v) is 3.29. The van der Waals surface area contributed by atoms with Gasteiger partial charge in [0.05, 0.1) is 26.0 Å². The summed E-state index contributed by atoms with van der Waals surface area (Å²) in [5.74, 6) is 3.41. The molecule has 0 spiro atoms. The van der Waals surface area contributed by atoms with Gasteiger partial charge in [0.15, 0.2) is 5.96 Å². The molecule has 0 aliphatic heterocycles. The molecule has 0 saturated heterocycles. The Labute approximate surface area is 167 Å². The van der Waals surface area contributed by atoms with E-state index in [1.54, 1.807) is 14.2 Å². The maximum absolute atomic E-state index is 5.51. The second-order valence-electron chi connectivity index (χ2n) is 6.83. The third-order valence-electron chi connectivity index (χ3n) is 4.71. The summed E-state index contributed by atoms with van der Waals surface area (Å²) >= 11 is 0. The molecule has 7 heteroatoms. The lowest BCUT2D eigenvalue weighted by Crippen LogP contribution is -2.39. The fraction of sp³-hybridized carbons (Fsp3) is 0.524. The summed E-state index contributed by atoms with van der Waals surface area (Å²) in [6.07, 6.45) is 0. The van der Waals surface area contributed by atoms with Gasteiger partial charge in [-0.1, -0.05) is 12.1 Å². The number of aromatic nitrogens is 1. The lowest BCUT2D eigenvalue weighted by atomic mass is 10.00. The van der Waals surface area contributed by atoms with Crippen LogP contribution < -0.4 is 20.1 Å². The van der Waals surface area contributed by atoms with Crippen molar-refractivity contribution in [3.8, 4) is 11.5 Å². The zero-order chi connectivity index (χ0) is 20.7. The molecule has 0 aliphatic carbocycles. The number of methoxy groups -OCH3 is 2. The molecule has 2 unspecified atom stereocenters. The van der Waals surface area contributed by atoms with E-state index in [4.69, 9.17) is 19.0 Å². The first-order chi connectivity index (χ1) is 13.4. The quantitative estimate of drug-likeness (QED) is 0.530. The highest BCUT2D eigenvalue weighted by molar-refractivity contribution is 5.80. The monoisotopic (exact) mass is 388 g/mol. The van der Waals surface area contributed by atoms with Crippen molar-refractivity contribution in [1.29, 1.82) is 0 Å². The Bertz CT molecular complexity index is 781. The van der Waals surface area contributed by atoms with E-state index in [1.165, 1.54) is 0 Å². The second-order valence-corrected chi connectivity index (χ2v) is 6.83. The molecule has 0 bridgehead atoms. The van der Waals surface area contributed by atoms with Crippen LogP contribution in [0.3, 0.4) is 0 Å². The van der Waals surface area contributed by atoms with Crippen LogP contribution in [0.15, 0.2) is 27.7 Å². The van der Waals surface area contributed by atoms with E-state index in [0.717, 1.165) is 46.6 Å². The Morgan fingerprint density at radius 3 is 2.54 bits per heavy atom. The van der Waals surface area contributed by atoms with Crippen LogP contribution in [0, 0.1) is 13.8 Å². The molecule has 0 amide bonds. The Kier molecular flexibility index (Phi) is 7.72. The smallest absolute Gasteiger partial charge is 0.191 e. The number of guanidine groups is 1. The van der Waals surface area contributed by atoms with Gasteiger partial charge in [-0.2, -0.15) is 0 Å². The van der Waals surface area contributed by atoms with Crippen LogP contribution in [0.2, 0.25) is 0 Å². The molecule has 0 fully saturated rings. The summed E-state index contributed by atoms with van der Waals surface area (Å²) < 4.78 is 16.1. The number of rotatable bonds is 8. The summed E-state index contributed by atoms with van der Waals surface area (Å²) in [4.78, 5) is 4.77. The largest absolute Gasteiger partial charge is 0.497 e. The summed E-state index contributed by atoms with van der Waals surface area (Å²) in [6.45, 7) is 11.6. The number of hydrogen-bond donors (Lipinski definition) is 2. The van der Waals surface area contributed by atoms with Crippen molar-refractivity contribution < 1.29 is 14.0 Å². The molecule has 2 N–H and O–H groups in total. The first-order valence-corrected chi connectivity index (χ1v) is 9.60. The number of nitrogens with one attached hydrogen (secondary N) is 2. The molecular weight excluding hydrogens is 356 g/mol. The number of hydrogen-bond acceptors (Lipinski definition) is 5. The standard InChI is InChI=1S/C21H32N4O3/c1-8-22-21(23-12-13(2)20-15(4)25-28-16(20)5)24-14(3)18-11-17(26-6)9-10-19(18)27-7/h9-11,13-14H,8,12H2,1-7H3,(H2,22,23,24). The minimum atomic E-state index is -0.0165. The molecule has 1 aromatic carbocycles. The summed E-state index contributed by atoms with van der Waals surface area (Å²) in [6, 6.07) is 5.76. The highest BCUT2D eigenvalue weighted by Crippen LogP contribution is 2.29. The Hall–Kier alpha value is -2.70. The van der Waals surface area contributed by atoms with Crippen LogP contribution in [-0.4, -0.2) is 38.4 Å². The number of nitrogens with zero attached hydrogens (tertiary/aromatic N) is 2. The number of ether oxygens (including phenoxy) is 2. The SMILES string of the molecule is CCNC(=NCC(C)c1c(C)noc1C)NC(C)c1cc(OC)ccc1OC. The van der Waals surface area contributed by atoms with E-state index >= 15 is 0 Å². The second kappa shape index (κ2) is 10.0. The van der Waals surface area contributed by atoms with Gasteiger partial charge < -0.3 is 24.6 Å². The summed E-state index contributed by atoms with van der Waals surface area (Å²) in [7, 11) is 3.33. The van der Waals surface area contributed by atoms with E-state index in [-0.39, 0.29) is 12.0 Å². The maximum atomic E-state index is 5.51. The zero-order valence-corrected chi connectivity index (χ0v) is 17.9. The zero-order valence-electron chi connectivity index (χ0n) is 17.9. The van der Waals surface area contributed by atoms with Crippen LogP contribution >= 0.6 is 0 Å². The van der Waals surface area contributed by atoms with Crippen molar-refractivity contribution in [3.63, 3.8) is 0 Å². The van der Waals surface area contributed by atoms with E-state index < -0.39 is 0 Å². The molecule has 1 aromatic heterocycles. The van der Waals surface area contributed by atoms with Gasteiger partial charge in [-0.3, -0.25) is 4.99 Å². The Morgan fingerprint density at radius 2 is 1.96 bits per heavy atom. The van der Waals surface area contributed by atoms with Gasteiger partial charge in [-0.15, -0.1) is 0 Å². The summed E-state index contributed by atoms with van der Waals surface area (Å²) in [5, 5.41) is 10.8. The number of aliphatic imine (C=N–C) groups is 1. The first-order valence-electron chi connectivity index (χ1n) is 9.60. The van der Waals surface area contributed by atoms with Crippen LogP contribution in [0.4, 0.5) is 0 Å². The highest BCUT2D eigenvalue weighted by atomic mass is 16.5. The molecule has 7 nitrogen and oxygen atoms in total. The number of benzene rings is 1. The van der Waals surface area contributed by atoms with E-state index in [2.05, 4.69) is 29.6 Å². The van der Waals surface area contributed by atoms with Gasteiger partial charge in [-0.05, 0) is 45.9 Å². The molecule has 154 valence electrons. The minimum absolute atomic E-state index is 0.0165. The van der Waals surface area contributed by atoms with E-state index in [0.29, 0.717) is 6.54 Å². The van der Waals surface area contributed by atoms with Crippen molar-refractivity contribution in [2.75, 3.05) is 27.3 Å². The van der Waals surface area contributed by atoms with Crippen LogP contribution in [-0.2, 0) is 0 Å². The third kappa shape index (κ3) is 5.18. The minimum Gasteiger partial charge on any atom is -0.497 e. The fourth-order valence-electron chi connectivity index (χ4n) is 3.29. The lowest BCUT2D eigenvalue weighted by molar-refractivity contribution is 0.391. The third-order valence-corrected chi connectivity index (χ3v) is 4.71. The van der Waals surface area contributed by atoms with E-state index in [9.17, 15) is 0 Å². The van der Waals surface area contributed by atoms with Crippen LogP contribution in [0.5, 0.6) is 11.5 Å². The molecule has 2 aromatic rings. The van der Waals surface area contributed by atoms with Crippen molar-refractivity contribution in [3.05, 3.63) is 40.8 Å². The normalized spacial score (nSPS) is 13.8. The number of aryl methyl sites for hydroxylation is 2. The molecule has 1 heterocycles. The van der Waals surface area contributed by atoms with Crippen LogP contribution in [0.1, 0.15) is 55.3 Å². The van der Waals surface area contributed by atoms with Crippen molar-refractivity contribution in [1.82, 2.24) is 15.8 Å². The highest BCUT2D eigenvalue weighted by Gasteiger charge is 2.17. The van der Waals surface area contributed by atoms with Crippen LogP contribution in [0.25, 0.3) is 0 Å². The van der Waals surface area contributed by atoms with Gasteiger partial charge >= 0.3 is 0 Å². The van der Waals surface area contributed by atoms with Gasteiger partial charge in [-0.25, -0.2) is 0 Å². The average Bonchev–Trinajstić information content (AvgIpc) is 3.03. The van der Waals surface area contributed by atoms with Gasteiger partial charge in [0.1, 0.15) is 17.3 Å². The molecule has 2 atom stereocenters. The lowest BCUT2D eigenvalue weighted by Gasteiger charge is -2.21. The maximum Gasteiger partial charge on any atom is 0.191 e. The van der Waals surface area contributed by atoms with E-state index in [1.807, 2.05) is 39.0 Å².